The van der Waals surface area contributed by atoms with Gasteiger partial charge in [-0.2, -0.15) is 5.10 Å². The molecular formula is C10H12ClN3. The smallest absolute Gasteiger partial charge is 0.0896 e. The molecule has 0 unspecified atom stereocenters. The Bertz CT molecular complexity index is 436. The highest BCUT2D eigenvalue weighted by Crippen LogP contribution is 2.22. The molecule has 2 N–H and O–H groups in total. The van der Waals surface area contributed by atoms with Gasteiger partial charge in [-0.15, -0.1) is 0 Å². The van der Waals surface area contributed by atoms with Gasteiger partial charge in [-0.05, 0) is 31.5 Å². The average molecular weight is 210 g/mol. The van der Waals surface area contributed by atoms with Gasteiger partial charge in [-0.25, -0.2) is 4.52 Å². The van der Waals surface area contributed by atoms with E-state index >= 15 is 0 Å². The highest BCUT2D eigenvalue weighted by molar-refractivity contribution is 6.34. The summed E-state index contributed by atoms with van der Waals surface area (Å²) in [4.78, 5) is 0. The SMILES string of the molecule is NCCCc1nn2ccccc2c1Cl. The van der Waals surface area contributed by atoms with Crippen LogP contribution < -0.4 is 5.73 Å². The lowest BCUT2D eigenvalue weighted by molar-refractivity contribution is 0.790. The van der Waals surface area contributed by atoms with E-state index in [1.165, 1.54) is 0 Å². The van der Waals surface area contributed by atoms with Crippen molar-refractivity contribution in [1.82, 2.24) is 9.61 Å². The van der Waals surface area contributed by atoms with E-state index in [1.807, 2.05) is 24.4 Å². The first-order valence-electron chi connectivity index (χ1n) is 4.64. The van der Waals surface area contributed by atoms with Crippen LogP contribution in [0, 0.1) is 0 Å². The number of hydrogen-bond donors (Lipinski definition) is 1. The van der Waals surface area contributed by atoms with Crippen LogP contribution in [0.1, 0.15) is 12.1 Å². The van der Waals surface area contributed by atoms with Crippen LogP contribution in [-0.2, 0) is 6.42 Å². The van der Waals surface area contributed by atoms with Gasteiger partial charge in [0.05, 0.1) is 16.2 Å². The molecule has 4 heteroatoms. The fraction of sp³-hybridized carbons (Fsp3) is 0.300. The van der Waals surface area contributed by atoms with E-state index in [0.29, 0.717) is 6.54 Å². The minimum atomic E-state index is 0.671. The Morgan fingerprint density at radius 1 is 1.43 bits per heavy atom. The third kappa shape index (κ3) is 1.61. The molecule has 0 aliphatic heterocycles. The maximum atomic E-state index is 6.17. The Balaban J connectivity index is 2.41. The van der Waals surface area contributed by atoms with Crippen molar-refractivity contribution in [3.05, 3.63) is 35.1 Å². The van der Waals surface area contributed by atoms with Crippen molar-refractivity contribution in [3.8, 4) is 0 Å². The summed E-state index contributed by atoms with van der Waals surface area (Å²) in [5, 5.41) is 5.13. The van der Waals surface area contributed by atoms with Crippen LogP contribution in [0.3, 0.4) is 0 Å². The lowest BCUT2D eigenvalue weighted by atomic mass is 10.2. The van der Waals surface area contributed by atoms with Crippen molar-refractivity contribution >= 4 is 17.1 Å². The van der Waals surface area contributed by atoms with Crippen LogP contribution in [0.15, 0.2) is 24.4 Å². The zero-order chi connectivity index (χ0) is 9.97. The Labute approximate surface area is 87.5 Å². The number of fused-ring (bicyclic) bond motifs is 1. The summed E-state index contributed by atoms with van der Waals surface area (Å²) < 4.78 is 1.80. The van der Waals surface area contributed by atoms with Gasteiger partial charge in [0.15, 0.2) is 0 Å². The summed E-state index contributed by atoms with van der Waals surface area (Å²) >= 11 is 6.17. The fourth-order valence-electron chi connectivity index (χ4n) is 1.45. The first-order valence-corrected chi connectivity index (χ1v) is 5.02. The number of nitrogens with two attached hydrogens (primary N) is 1. The Hall–Kier alpha value is -1.06. The zero-order valence-electron chi connectivity index (χ0n) is 7.78. The molecule has 0 aliphatic carbocycles. The molecule has 74 valence electrons. The van der Waals surface area contributed by atoms with Crippen LogP contribution in [-0.4, -0.2) is 16.2 Å². The molecule has 0 saturated carbocycles. The van der Waals surface area contributed by atoms with Crippen LogP contribution in [0.2, 0.25) is 5.02 Å². The number of nitrogens with zero attached hydrogens (tertiary/aromatic N) is 2. The fourth-order valence-corrected chi connectivity index (χ4v) is 1.73. The average Bonchev–Trinajstić information content (AvgIpc) is 2.54. The van der Waals surface area contributed by atoms with Crippen molar-refractivity contribution < 1.29 is 0 Å². The number of aromatic nitrogens is 2. The summed E-state index contributed by atoms with van der Waals surface area (Å²) in [5.41, 5.74) is 7.34. The lowest BCUT2D eigenvalue weighted by Gasteiger charge is -1.92. The zero-order valence-corrected chi connectivity index (χ0v) is 8.54. The largest absolute Gasteiger partial charge is 0.330 e. The molecule has 14 heavy (non-hydrogen) atoms. The van der Waals surface area contributed by atoms with Crippen LogP contribution in [0.4, 0.5) is 0 Å². The standard InChI is InChI=1S/C10H12ClN3/c11-10-8(4-3-6-12)13-14-7-2-1-5-9(10)14/h1-2,5,7H,3-4,6,12H2. The molecule has 0 aliphatic rings. The van der Waals surface area contributed by atoms with Gasteiger partial charge < -0.3 is 5.73 Å². The number of pyridine rings is 1. The molecule has 2 aromatic heterocycles. The van der Waals surface area contributed by atoms with Gasteiger partial charge in [0.1, 0.15) is 0 Å². The summed E-state index contributed by atoms with van der Waals surface area (Å²) in [6, 6.07) is 5.85. The highest BCUT2D eigenvalue weighted by atomic mass is 35.5. The van der Waals surface area contributed by atoms with E-state index in [4.69, 9.17) is 17.3 Å². The first-order chi connectivity index (χ1) is 6.83. The molecule has 0 radical (unpaired) electrons. The second-order valence-electron chi connectivity index (χ2n) is 3.18. The third-order valence-corrected chi connectivity index (χ3v) is 2.58. The van der Waals surface area contributed by atoms with E-state index in [9.17, 15) is 0 Å². The Morgan fingerprint density at radius 3 is 3.00 bits per heavy atom. The lowest BCUT2D eigenvalue weighted by Crippen LogP contribution is -2.00. The number of halogens is 1. The molecular weight excluding hydrogens is 198 g/mol. The summed E-state index contributed by atoms with van der Waals surface area (Å²) in [7, 11) is 0. The van der Waals surface area contributed by atoms with Gasteiger partial charge in [-0.1, -0.05) is 17.7 Å². The Kier molecular flexibility index (Phi) is 2.70. The highest BCUT2D eigenvalue weighted by Gasteiger charge is 2.08. The number of hydrogen-bond acceptors (Lipinski definition) is 2. The molecule has 2 aromatic rings. The van der Waals surface area contributed by atoms with Crippen molar-refractivity contribution in [2.45, 2.75) is 12.8 Å². The molecule has 2 rings (SSSR count). The molecule has 0 saturated heterocycles. The van der Waals surface area contributed by atoms with Crippen LogP contribution >= 0.6 is 11.6 Å². The number of aryl methyl sites for hydroxylation is 1. The van der Waals surface area contributed by atoms with E-state index < -0.39 is 0 Å². The van der Waals surface area contributed by atoms with Gasteiger partial charge in [-0.3, -0.25) is 0 Å². The minimum Gasteiger partial charge on any atom is -0.330 e. The predicted molar refractivity (Wildman–Crippen MR) is 57.6 cm³/mol. The molecule has 0 bridgehead atoms. The van der Waals surface area contributed by atoms with Gasteiger partial charge in [0.25, 0.3) is 0 Å². The summed E-state index contributed by atoms with van der Waals surface area (Å²) in [6.45, 7) is 0.671. The maximum Gasteiger partial charge on any atom is 0.0896 e. The van der Waals surface area contributed by atoms with Crippen molar-refractivity contribution in [2.75, 3.05) is 6.54 Å². The predicted octanol–water partition coefficient (Wildman–Crippen LogP) is 1.88. The van der Waals surface area contributed by atoms with E-state index in [-0.39, 0.29) is 0 Å². The second kappa shape index (κ2) is 3.98. The normalized spacial score (nSPS) is 11.0. The summed E-state index contributed by atoms with van der Waals surface area (Å²) in [6.07, 6.45) is 3.66. The monoisotopic (exact) mass is 209 g/mol. The van der Waals surface area contributed by atoms with Crippen LogP contribution in [0.5, 0.6) is 0 Å². The molecule has 0 atom stereocenters. The van der Waals surface area contributed by atoms with Gasteiger partial charge in [0, 0.05) is 6.20 Å². The summed E-state index contributed by atoms with van der Waals surface area (Å²) in [5.74, 6) is 0. The van der Waals surface area contributed by atoms with E-state index in [2.05, 4.69) is 5.10 Å². The third-order valence-electron chi connectivity index (χ3n) is 2.16. The van der Waals surface area contributed by atoms with Gasteiger partial charge >= 0.3 is 0 Å². The van der Waals surface area contributed by atoms with Gasteiger partial charge in [0.2, 0.25) is 0 Å². The van der Waals surface area contributed by atoms with E-state index in [0.717, 1.165) is 29.1 Å². The molecule has 2 heterocycles. The molecule has 0 aromatic carbocycles. The first kappa shape index (κ1) is 9.49. The topological polar surface area (TPSA) is 43.3 Å². The minimum absolute atomic E-state index is 0.671. The van der Waals surface area contributed by atoms with Crippen molar-refractivity contribution in [2.24, 2.45) is 5.73 Å². The molecule has 3 nitrogen and oxygen atoms in total. The second-order valence-corrected chi connectivity index (χ2v) is 3.56. The number of rotatable bonds is 3. The van der Waals surface area contributed by atoms with E-state index in [1.54, 1.807) is 4.52 Å². The van der Waals surface area contributed by atoms with Crippen molar-refractivity contribution in [3.63, 3.8) is 0 Å². The Morgan fingerprint density at radius 2 is 2.29 bits per heavy atom. The molecule has 0 amide bonds. The maximum absolute atomic E-state index is 6.17. The quantitative estimate of drug-likeness (QED) is 0.839. The van der Waals surface area contributed by atoms with Crippen molar-refractivity contribution in [1.29, 1.82) is 0 Å². The molecule has 0 fully saturated rings. The molecule has 0 spiro atoms. The van der Waals surface area contributed by atoms with Crippen LogP contribution in [0.25, 0.3) is 5.52 Å².